The molecule has 0 radical (unpaired) electrons. The van der Waals surface area contributed by atoms with Gasteiger partial charge in [-0.15, -0.1) is 0 Å². The Morgan fingerprint density at radius 1 is 1.19 bits per heavy atom. The maximum absolute atomic E-state index is 13.0. The van der Waals surface area contributed by atoms with Crippen molar-refractivity contribution in [3.05, 3.63) is 0 Å². The first-order valence-electron chi connectivity index (χ1n) is 7.60. The zero-order valence-electron chi connectivity index (χ0n) is 12.2. The molecular formula is C15H22F4O2. The lowest BCUT2D eigenvalue weighted by atomic mass is 9.86. The van der Waals surface area contributed by atoms with E-state index >= 15 is 0 Å². The molecule has 0 saturated heterocycles. The number of fused-ring (bicyclic) bond motifs is 2. The van der Waals surface area contributed by atoms with E-state index in [1.54, 1.807) is 0 Å². The van der Waals surface area contributed by atoms with Gasteiger partial charge in [-0.2, -0.15) is 8.78 Å². The second kappa shape index (κ2) is 6.13. The van der Waals surface area contributed by atoms with E-state index in [2.05, 4.69) is 0 Å². The molecule has 2 aliphatic rings. The number of carbonyl (C=O) groups excluding carboxylic acids is 1. The number of rotatable bonds is 7. The SMILES string of the molecule is CC(F)(F)C(F)(F)CCCOC(=O)CC1CC2CCC1C2. The van der Waals surface area contributed by atoms with Crippen molar-refractivity contribution >= 4 is 5.97 Å². The van der Waals surface area contributed by atoms with Gasteiger partial charge in [0.2, 0.25) is 0 Å². The van der Waals surface area contributed by atoms with Crippen molar-refractivity contribution in [1.29, 1.82) is 0 Å². The van der Waals surface area contributed by atoms with Gasteiger partial charge in [0.1, 0.15) is 0 Å². The van der Waals surface area contributed by atoms with Crippen LogP contribution in [0, 0.1) is 17.8 Å². The van der Waals surface area contributed by atoms with Crippen molar-refractivity contribution in [3.8, 4) is 0 Å². The quantitative estimate of drug-likeness (QED) is 0.395. The first-order chi connectivity index (χ1) is 9.69. The Labute approximate surface area is 122 Å². The lowest BCUT2D eigenvalue weighted by Crippen LogP contribution is -2.37. The van der Waals surface area contributed by atoms with Gasteiger partial charge in [-0.05, 0) is 43.4 Å². The summed E-state index contributed by atoms with van der Waals surface area (Å²) in [5.74, 6) is -6.79. The Morgan fingerprint density at radius 2 is 1.90 bits per heavy atom. The van der Waals surface area contributed by atoms with Crippen LogP contribution in [0.5, 0.6) is 0 Å². The average Bonchev–Trinajstić information content (AvgIpc) is 2.95. The van der Waals surface area contributed by atoms with E-state index < -0.39 is 18.3 Å². The summed E-state index contributed by atoms with van der Waals surface area (Å²) in [7, 11) is 0. The highest BCUT2D eigenvalue weighted by Crippen LogP contribution is 2.49. The largest absolute Gasteiger partial charge is 0.466 e. The third-order valence-electron chi connectivity index (χ3n) is 4.85. The van der Waals surface area contributed by atoms with Crippen LogP contribution in [-0.4, -0.2) is 24.4 Å². The first-order valence-corrected chi connectivity index (χ1v) is 7.60. The first kappa shape index (κ1) is 16.6. The van der Waals surface area contributed by atoms with Gasteiger partial charge >= 0.3 is 17.8 Å². The van der Waals surface area contributed by atoms with Gasteiger partial charge in [0, 0.05) is 19.8 Å². The minimum Gasteiger partial charge on any atom is -0.466 e. The van der Waals surface area contributed by atoms with E-state index in [4.69, 9.17) is 4.74 Å². The zero-order valence-corrected chi connectivity index (χ0v) is 12.2. The molecule has 2 bridgehead atoms. The van der Waals surface area contributed by atoms with Crippen molar-refractivity contribution < 1.29 is 27.1 Å². The summed E-state index contributed by atoms with van der Waals surface area (Å²) in [6.45, 7) is -0.0144. The van der Waals surface area contributed by atoms with Crippen LogP contribution in [0.4, 0.5) is 17.6 Å². The predicted molar refractivity (Wildman–Crippen MR) is 69.3 cm³/mol. The Hall–Kier alpha value is -0.810. The molecule has 3 atom stereocenters. The summed E-state index contributed by atoms with van der Waals surface area (Å²) < 4.78 is 56.1. The van der Waals surface area contributed by atoms with E-state index in [0.29, 0.717) is 18.3 Å². The summed E-state index contributed by atoms with van der Waals surface area (Å²) in [6.07, 6.45) is 3.77. The predicted octanol–water partition coefficient (Wildman–Crippen LogP) is 4.43. The molecule has 0 heterocycles. The van der Waals surface area contributed by atoms with E-state index in [0.717, 1.165) is 12.3 Å². The summed E-state index contributed by atoms with van der Waals surface area (Å²) in [5, 5.41) is 0. The smallest absolute Gasteiger partial charge is 0.310 e. The van der Waals surface area contributed by atoms with Gasteiger partial charge in [0.25, 0.3) is 0 Å². The Morgan fingerprint density at radius 3 is 2.43 bits per heavy atom. The van der Waals surface area contributed by atoms with Crippen LogP contribution in [0.1, 0.15) is 51.9 Å². The number of carbonyl (C=O) groups is 1. The fraction of sp³-hybridized carbons (Fsp3) is 0.933. The van der Waals surface area contributed by atoms with E-state index in [1.807, 2.05) is 0 Å². The number of hydrogen-bond donors (Lipinski definition) is 0. The standard InChI is InChI=1S/C15H22F4O2/c1-14(16,17)15(18,19)5-2-6-21-13(20)9-12-8-10-3-4-11(12)7-10/h10-12H,2-9H2,1H3. The highest BCUT2D eigenvalue weighted by molar-refractivity contribution is 5.69. The maximum Gasteiger partial charge on any atom is 0.310 e. The van der Waals surface area contributed by atoms with Crippen molar-refractivity contribution in [2.75, 3.05) is 6.61 Å². The van der Waals surface area contributed by atoms with Gasteiger partial charge in [0.15, 0.2) is 0 Å². The van der Waals surface area contributed by atoms with Crippen molar-refractivity contribution in [1.82, 2.24) is 0 Å². The van der Waals surface area contributed by atoms with Gasteiger partial charge in [-0.1, -0.05) is 6.42 Å². The molecule has 0 N–H and O–H groups in total. The van der Waals surface area contributed by atoms with Crippen LogP contribution >= 0.6 is 0 Å². The molecule has 2 rings (SSSR count). The average molecular weight is 310 g/mol. The highest BCUT2D eigenvalue weighted by atomic mass is 19.3. The zero-order chi connectivity index (χ0) is 15.7. The molecule has 21 heavy (non-hydrogen) atoms. The molecule has 0 aromatic heterocycles. The van der Waals surface area contributed by atoms with Gasteiger partial charge < -0.3 is 4.74 Å². The molecule has 0 aromatic carbocycles. The minimum absolute atomic E-state index is 0.203. The third kappa shape index (κ3) is 4.10. The monoisotopic (exact) mass is 310 g/mol. The molecule has 2 aliphatic carbocycles. The fourth-order valence-corrected chi connectivity index (χ4v) is 3.60. The number of esters is 1. The van der Waals surface area contributed by atoms with Crippen LogP contribution in [0.3, 0.4) is 0 Å². The topological polar surface area (TPSA) is 26.3 Å². The van der Waals surface area contributed by atoms with Gasteiger partial charge in [-0.25, -0.2) is 8.78 Å². The van der Waals surface area contributed by atoms with Crippen LogP contribution < -0.4 is 0 Å². The molecule has 2 saturated carbocycles. The van der Waals surface area contributed by atoms with Gasteiger partial charge in [0.05, 0.1) is 6.61 Å². The van der Waals surface area contributed by atoms with Gasteiger partial charge in [-0.3, -0.25) is 4.79 Å². The molecule has 6 heteroatoms. The third-order valence-corrected chi connectivity index (χ3v) is 4.85. The summed E-state index contributed by atoms with van der Waals surface area (Å²) in [5.41, 5.74) is 0. The Balaban J connectivity index is 1.62. The summed E-state index contributed by atoms with van der Waals surface area (Å²) >= 11 is 0. The van der Waals surface area contributed by atoms with Crippen LogP contribution in [0.25, 0.3) is 0 Å². The summed E-state index contributed by atoms with van der Waals surface area (Å²) in [4.78, 5) is 11.6. The number of hydrogen-bond acceptors (Lipinski definition) is 2. The molecule has 0 aromatic rings. The molecule has 0 spiro atoms. The fourth-order valence-electron chi connectivity index (χ4n) is 3.60. The second-order valence-corrected chi connectivity index (χ2v) is 6.56. The molecule has 2 fully saturated rings. The molecule has 3 unspecified atom stereocenters. The van der Waals surface area contributed by atoms with Crippen LogP contribution in [0.15, 0.2) is 0 Å². The molecule has 0 aliphatic heterocycles. The number of alkyl halides is 4. The van der Waals surface area contributed by atoms with E-state index in [9.17, 15) is 22.4 Å². The number of halogens is 4. The maximum atomic E-state index is 13.0. The van der Waals surface area contributed by atoms with E-state index in [1.165, 1.54) is 19.3 Å². The highest BCUT2D eigenvalue weighted by Gasteiger charge is 2.51. The molecule has 122 valence electrons. The lowest BCUT2D eigenvalue weighted by molar-refractivity contribution is -0.202. The van der Waals surface area contributed by atoms with E-state index in [-0.39, 0.29) is 25.9 Å². The second-order valence-electron chi connectivity index (χ2n) is 6.56. The molecule has 2 nitrogen and oxygen atoms in total. The molecular weight excluding hydrogens is 288 g/mol. The normalized spacial score (nSPS) is 28.9. The lowest BCUT2D eigenvalue weighted by Gasteiger charge is -2.23. The molecule has 0 amide bonds. The summed E-state index contributed by atoms with van der Waals surface area (Å²) in [6, 6.07) is 0. The van der Waals surface area contributed by atoms with Crippen LogP contribution in [-0.2, 0) is 9.53 Å². The van der Waals surface area contributed by atoms with Crippen molar-refractivity contribution in [2.45, 2.75) is 63.7 Å². The van der Waals surface area contributed by atoms with Crippen LogP contribution in [0.2, 0.25) is 0 Å². The minimum atomic E-state index is -4.05. The van der Waals surface area contributed by atoms with Crippen molar-refractivity contribution in [2.24, 2.45) is 17.8 Å². The van der Waals surface area contributed by atoms with Crippen molar-refractivity contribution in [3.63, 3.8) is 0 Å². The Kier molecular flexibility index (Phi) is 4.83. The number of ether oxygens (including phenoxy) is 1. The Bertz CT molecular complexity index is 378.